The first-order valence-corrected chi connectivity index (χ1v) is 6.55. The Bertz CT molecular complexity index is 269. The van der Waals surface area contributed by atoms with Crippen LogP contribution in [0.1, 0.15) is 0 Å². The van der Waals surface area contributed by atoms with E-state index >= 15 is 0 Å². The molecule has 2 nitrogen and oxygen atoms in total. The first kappa shape index (κ1) is 9.14. The molecule has 0 aliphatic heterocycles. The van der Waals surface area contributed by atoms with Gasteiger partial charge in [-0.1, -0.05) is 11.6 Å². The van der Waals surface area contributed by atoms with E-state index in [1.165, 1.54) is 0 Å². The highest BCUT2D eigenvalue weighted by Gasteiger charge is 1.99. The third-order valence-corrected chi connectivity index (χ3v) is 3.49. The average Bonchev–Trinajstić information content (AvgIpc) is 1.94. The number of halogens is 1. The summed E-state index contributed by atoms with van der Waals surface area (Å²) >= 11 is 5.70. The number of nitrogens with two attached hydrogens (primary N) is 1. The molecule has 2 N–H and O–H groups in total. The van der Waals surface area contributed by atoms with Crippen molar-refractivity contribution >= 4 is 36.5 Å². The highest BCUT2D eigenvalue weighted by molar-refractivity contribution is 8.37. The first-order chi connectivity index (χ1) is 5.11. The van der Waals surface area contributed by atoms with Crippen LogP contribution >= 0.6 is 20.0 Å². The highest BCUT2D eigenvalue weighted by Crippen LogP contribution is 2.25. The quantitative estimate of drug-likeness (QED) is 0.430. The second kappa shape index (κ2) is 3.63. The molecule has 1 aromatic carbocycles. The zero-order valence-corrected chi connectivity index (χ0v) is 8.58. The Balaban J connectivity index is 3.05. The van der Waals surface area contributed by atoms with Gasteiger partial charge in [-0.15, -0.1) is 0 Å². The fraction of sp³-hybridized carbons (Fsp3) is 0. The van der Waals surface area contributed by atoms with Gasteiger partial charge >= 0.3 is 0 Å². The summed E-state index contributed by atoms with van der Waals surface area (Å²) in [6, 6.07) is 5.00. The third-order valence-electron chi connectivity index (χ3n) is 1.28. The van der Waals surface area contributed by atoms with E-state index in [1.807, 2.05) is 0 Å². The smallest absolute Gasteiger partial charge is 0.0771 e. The second-order valence-electron chi connectivity index (χ2n) is 2.10. The second-order valence-corrected chi connectivity index (χ2v) is 5.39. The van der Waals surface area contributed by atoms with Crippen LogP contribution in [0.5, 0.6) is 0 Å². The van der Waals surface area contributed by atoms with Crippen LogP contribution in [0.2, 0.25) is 5.02 Å². The molecule has 1 atom stereocenters. The molecule has 0 aliphatic carbocycles. The third kappa shape index (κ3) is 2.24. The van der Waals surface area contributed by atoms with Crippen molar-refractivity contribution in [1.29, 1.82) is 0 Å². The standard InChI is InChI=1S/C6H9ClNOPS/c7-5-3-4(11(9)10)1-2-6(5)8/h1-3H,8,10-11H2. The number of benzene rings is 1. The highest BCUT2D eigenvalue weighted by atomic mass is 35.5. The maximum Gasteiger partial charge on any atom is 0.0771 e. The molecule has 0 spiro atoms. The average molecular weight is 210 g/mol. The van der Waals surface area contributed by atoms with E-state index in [-0.39, 0.29) is 0 Å². The van der Waals surface area contributed by atoms with E-state index < -0.39 is 10.8 Å². The zero-order valence-electron chi connectivity index (χ0n) is 5.67. The lowest BCUT2D eigenvalue weighted by Gasteiger charge is -2.15. The Hall–Kier alpha value is 0.0500. The predicted octanol–water partition coefficient (Wildman–Crippen LogP) is 1.28. The normalized spacial score (nSPS) is 11.4. The zero-order chi connectivity index (χ0) is 8.43. The Morgan fingerprint density at radius 3 is 2.64 bits per heavy atom. The van der Waals surface area contributed by atoms with Crippen LogP contribution in [-0.4, -0.2) is 4.55 Å². The van der Waals surface area contributed by atoms with Gasteiger partial charge in [-0.25, -0.2) is 0 Å². The topological polar surface area (TPSA) is 49.1 Å². The van der Waals surface area contributed by atoms with Crippen molar-refractivity contribution in [3.8, 4) is 0 Å². The van der Waals surface area contributed by atoms with Gasteiger partial charge < -0.3 is 10.3 Å². The molecule has 0 bridgehead atoms. The molecule has 1 unspecified atom stereocenters. The molecule has 0 saturated heterocycles. The number of anilines is 1. The molecule has 0 saturated carbocycles. The molecule has 0 amide bonds. The first-order valence-electron chi connectivity index (χ1n) is 2.96. The van der Waals surface area contributed by atoms with E-state index in [9.17, 15) is 4.55 Å². The van der Waals surface area contributed by atoms with Crippen molar-refractivity contribution in [2.24, 2.45) is 0 Å². The summed E-state index contributed by atoms with van der Waals surface area (Å²) in [5, 5.41) is 0.461. The molecule has 0 aliphatic rings. The Labute approximate surface area is 75.2 Å². The summed E-state index contributed by atoms with van der Waals surface area (Å²) in [6.07, 6.45) is 0. The molecule has 0 radical (unpaired) electrons. The van der Waals surface area contributed by atoms with Gasteiger partial charge in [0.2, 0.25) is 0 Å². The van der Waals surface area contributed by atoms with Crippen LogP contribution < -0.4 is 5.73 Å². The van der Waals surface area contributed by atoms with Gasteiger partial charge in [0.05, 0.1) is 15.6 Å². The van der Waals surface area contributed by atoms with E-state index in [2.05, 4.69) is 8.44 Å². The van der Waals surface area contributed by atoms with Crippen LogP contribution in [0.15, 0.2) is 23.1 Å². The summed E-state index contributed by atoms with van der Waals surface area (Å²) in [4.78, 5) is 0.735. The van der Waals surface area contributed by atoms with Crippen LogP contribution in [0.4, 0.5) is 5.69 Å². The number of hydrogen-bond donors (Lipinski definition) is 1. The van der Waals surface area contributed by atoms with Gasteiger partial charge in [0.15, 0.2) is 0 Å². The van der Waals surface area contributed by atoms with E-state index in [1.54, 1.807) is 18.2 Å². The van der Waals surface area contributed by atoms with Crippen molar-refractivity contribution < 1.29 is 4.55 Å². The summed E-state index contributed by atoms with van der Waals surface area (Å²) in [6.45, 7) is 0. The fourth-order valence-corrected chi connectivity index (χ4v) is 2.03. The van der Waals surface area contributed by atoms with Crippen LogP contribution in [0.25, 0.3) is 0 Å². The van der Waals surface area contributed by atoms with Gasteiger partial charge in [-0.3, -0.25) is 10.8 Å². The van der Waals surface area contributed by atoms with Crippen LogP contribution in [0.3, 0.4) is 0 Å². The molecule has 0 fully saturated rings. The van der Waals surface area contributed by atoms with Gasteiger partial charge in [-0.05, 0) is 12.1 Å². The van der Waals surface area contributed by atoms with Crippen LogP contribution in [0, 0.1) is 0 Å². The van der Waals surface area contributed by atoms with Gasteiger partial charge in [0, 0.05) is 14.5 Å². The molecular weight excluding hydrogens is 201 g/mol. The SMILES string of the molecule is Nc1ccc([SH2+]([O-])P)cc1Cl. The maximum atomic E-state index is 11.0. The van der Waals surface area contributed by atoms with E-state index in [4.69, 9.17) is 17.3 Å². The Morgan fingerprint density at radius 2 is 2.18 bits per heavy atom. The van der Waals surface area contributed by atoms with Gasteiger partial charge in [-0.2, -0.15) is 0 Å². The minimum atomic E-state index is -1.72. The van der Waals surface area contributed by atoms with Crippen molar-refractivity contribution in [1.82, 2.24) is 0 Å². The van der Waals surface area contributed by atoms with Crippen molar-refractivity contribution in [2.45, 2.75) is 4.90 Å². The summed E-state index contributed by atoms with van der Waals surface area (Å²) in [7, 11) is 0.533. The van der Waals surface area contributed by atoms with E-state index in [0.29, 0.717) is 10.7 Å². The number of rotatable bonds is 1. The molecule has 62 valence electrons. The minimum Gasteiger partial charge on any atom is -0.683 e. The number of hydrogen-bond acceptors (Lipinski definition) is 2. The molecule has 5 heteroatoms. The lowest BCUT2D eigenvalue weighted by Crippen LogP contribution is -1.92. The molecule has 1 aromatic rings. The van der Waals surface area contributed by atoms with Crippen molar-refractivity contribution in [3.63, 3.8) is 0 Å². The number of nitrogen functional groups attached to an aromatic ring is 1. The van der Waals surface area contributed by atoms with Crippen molar-refractivity contribution in [2.75, 3.05) is 5.73 Å². The molecule has 0 aromatic heterocycles. The van der Waals surface area contributed by atoms with Gasteiger partial charge in [0.25, 0.3) is 0 Å². The molecule has 11 heavy (non-hydrogen) atoms. The molecule has 1 rings (SSSR count). The minimum absolute atomic E-state index is 0.461. The fourth-order valence-electron chi connectivity index (χ4n) is 0.680. The summed E-state index contributed by atoms with van der Waals surface area (Å²) in [5.41, 5.74) is 5.98. The largest absolute Gasteiger partial charge is 0.683 e. The summed E-state index contributed by atoms with van der Waals surface area (Å²) in [5.74, 6) is 0. The lowest BCUT2D eigenvalue weighted by atomic mass is 10.3. The van der Waals surface area contributed by atoms with E-state index in [0.717, 1.165) is 4.90 Å². The predicted molar refractivity (Wildman–Crippen MR) is 54.8 cm³/mol. The Kier molecular flexibility index (Phi) is 3.02. The molecule has 0 heterocycles. The summed E-state index contributed by atoms with van der Waals surface area (Å²) < 4.78 is 11.0. The lowest BCUT2D eigenvalue weighted by molar-refractivity contribution is 0.609. The maximum absolute atomic E-state index is 11.0. The Morgan fingerprint density at radius 1 is 1.55 bits per heavy atom. The molecular formula is C6H9ClNOPS. The van der Waals surface area contributed by atoms with Crippen molar-refractivity contribution in [3.05, 3.63) is 23.2 Å². The monoisotopic (exact) mass is 209 g/mol. The van der Waals surface area contributed by atoms with Crippen LogP contribution in [-0.2, 0) is 10.8 Å². The van der Waals surface area contributed by atoms with Gasteiger partial charge in [0.1, 0.15) is 0 Å².